The molecule has 1 aliphatic carbocycles. The molecule has 7 nitrogen and oxygen atoms in total. The number of rotatable bonds is 11. The molecule has 0 aromatic heterocycles. The fourth-order valence-electron chi connectivity index (χ4n) is 5.85. The lowest BCUT2D eigenvalue weighted by Crippen LogP contribution is -2.55. The number of nitrogens with one attached hydrogen (secondary N) is 1. The minimum Gasteiger partial charge on any atom is -0.352 e. The third-order valence-electron chi connectivity index (χ3n) is 8.36. The van der Waals surface area contributed by atoms with Crippen molar-refractivity contribution in [1.82, 2.24) is 10.2 Å². The molecular weight excluding hydrogens is 570 g/mol. The number of nitrogens with zero attached hydrogens (tertiary/aromatic N) is 2. The van der Waals surface area contributed by atoms with Gasteiger partial charge in [0.05, 0.1) is 11.9 Å². The predicted molar refractivity (Wildman–Crippen MR) is 178 cm³/mol. The summed E-state index contributed by atoms with van der Waals surface area (Å²) >= 11 is 0. The molecule has 4 rings (SSSR count). The van der Waals surface area contributed by atoms with Crippen LogP contribution in [0.3, 0.4) is 0 Å². The minimum atomic E-state index is -3.82. The molecule has 2 amide bonds. The summed E-state index contributed by atoms with van der Waals surface area (Å²) in [7, 11) is -3.82. The van der Waals surface area contributed by atoms with Crippen LogP contribution in [0.15, 0.2) is 78.9 Å². The average Bonchev–Trinajstić information content (AvgIpc) is 2.97. The molecule has 0 spiro atoms. The van der Waals surface area contributed by atoms with Gasteiger partial charge in [0.15, 0.2) is 0 Å². The fraction of sp³-hybridized carbons (Fsp3) is 0.444. The topological polar surface area (TPSA) is 86.8 Å². The third kappa shape index (κ3) is 9.18. The number of aryl methyl sites for hydroxylation is 1. The predicted octanol–water partition coefficient (Wildman–Crippen LogP) is 6.15. The monoisotopic (exact) mass is 617 g/mol. The SMILES string of the molecule is Cc1cccc(CN(C(=O)CN(c2ccc(C(C)(C)C)cc2)S(C)(=O)=O)[C@@H](Cc2ccccc2)C(=O)NC2CCCCC2)c1. The quantitative estimate of drug-likeness (QED) is 0.280. The lowest BCUT2D eigenvalue weighted by Gasteiger charge is -2.35. The zero-order chi connectivity index (χ0) is 31.9. The van der Waals surface area contributed by atoms with Gasteiger partial charge in [-0.15, -0.1) is 0 Å². The molecule has 0 radical (unpaired) electrons. The van der Waals surface area contributed by atoms with Crippen LogP contribution >= 0.6 is 0 Å². The van der Waals surface area contributed by atoms with Crippen LogP contribution in [0.1, 0.15) is 75.1 Å². The molecule has 3 aromatic rings. The summed E-state index contributed by atoms with van der Waals surface area (Å²) in [6.07, 6.45) is 6.56. The molecule has 0 bridgehead atoms. The van der Waals surface area contributed by atoms with E-state index in [1.54, 1.807) is 17.0 Å². The summed E-state index contributed by atoms with van der Waals surface area (Å²) in [5, 5.41) is 3.24. The first-order valence-electron chi connectivity index (χ1n) is 15.6. The molecule has 0 heterocycles. The Hall–Kier alpha value is -3.65. The Morgan fingerprint density at radius 1 is 0.886 bits per heavy atom. The van der Waals surface area contributed by atoms with Crippen LogP contribution in [0.5, 0.6) is 0 Å². The largest absolute Gasteiger partial charge is 0.352 e. The van der Waals surface area contributed by atoms with Gasteiger partial charge in [-0.1, -0.05) is 112 Å². The molecule has 1 fully saturated rings. The Labute approximate surface area is 263 Å². The molecule has 1 atom stereocenters. The van der Waals surface area contributed by atoms with Crippen molar-refractivity contribution < 1.29 is 18.0 Å². The van der Waals surface area contributed by atoms with Crippen LogP contribution in [0.4, 0.5) is 5.69 Å². The maximum Gasteiger partial charge on any atom is 0.244 e. The number of carbonyl (C=O) groups is 2. The van der Waals surface area contributed by atoms with Crippen LogP contribution in [-0.4, -0.2) is 50.0 Å². The number of sulfonamides is 1. The molecule has 3 aromatic carbocycles. The van der Waals surface area contributed by atoms with Gasteiger partial charge in [-0.2, -0.15) is 0 Å². The lowest BCUT2D eigenvalue weighted by atomic mass is 9.87. The summed E-state index contributed by atoms with van der Waals surface area (Å²) in [5.41, 5.74) is 4.21. The van der Waals surface area contributed by atoms with Crippen LogP contribution in [0.25, 0.3) is 0 Å². The van der Waals surface area contributed by atoms with Gasteiger partial charge in [-0.3, -0.25) is 13.9 Å². The first kappa shape index (κ1) is 33.2. The first-order chi connectivity index (χ1) is 20.8. The minimum absolute atomic E-state index is 0.0688. The van der Waals surface area contributed by atoms with Crippen LogP contribution < -0.4 is 9.62 Å². The van der Waals surface area contributed by atoms with Crippen LogP contribution in [0, 0.1) is 6.92 Å². The molecule has 0 saturated heterocycles. The molecule has 1 aliphatic rings. The standard InChI is InChI=1S/C36H47N3O4S/c1-27-13-12-16-29(23-27)25-38(33(24-28-14-8-6-9-15-28)35(41)37-31-17-10-7-11-18-31)34(40)26-39(44(5,42)43)32-21-19-30(20-22-32)36(2,3)4/h6,8-9,12-16,19-23,31,33H,7,10-11,17-18,24-26H2,1-5H3,(H,37,41)/t33-/m0/s1. The van der Waals surface area contributed by atoms with Crippen LogP contribution in [-0.2, 0) is 38.0 Å². The van der Waals surface area contributed by atoms with E-state index in [9.17, 15) is 18.0 Å². The molecular formula is C36H47N3O4S. The van der Waals surface area contributed by atoms with Crippen LogP contribution in [0.2, 0.25) is 0 Å². The molecule has 236 valence electrons. The zero-order valence-electron chi connectivity index (χ0n) is 26.8. The van der Waals surface area contributed by atoms with E-state index in [1.165, 1.54) is 0 Å². The number of carbonyl (C=O) groups excluding carboxylic acids is 2. The van der Waals surface area contributed by atoms with E-state index >= 15 is 0 Å². The summed E-state index contributed by atoms with van der Waals surface area (Å²) in [6, 6.07) is 24.1. The number of anilines is 1. The maximum absolute atomic E-state index is 14.4. The Balaban J connectivity index is 1.72. The fourth-order valence-corrected chi connectivity index (χ4v) is 6.70. The van der Waals surface area contributed by atoms with E-state index < -0.39 is 28.5 Å². The summed E-state index contributed by atoms with van der Waals surface area (Å²) in [6.45, 7) is 8.02. The van der Waals surface area contributed by atoms with Crippen molar-refractivity contribution in [2.45, 2.75) is 90.3 Å². The molecule has 0 unspecified atom stereocenters. The van der Waals surface area contributed by atoms with Gasteiger partial charge in [-0.25, -0.2) is 8.42 Å². The molecule has 0 aliphatic heterocycles. The third-order valence-corrected chi connectivity index (χ3v) is 9.50. The molecule has 44 heavy (non-hydrogen) atoms. The van der Waals surface area contributed by atoms with Crippen molar-refractivity contribution in [1.29, 1.82) is 0 Å². The van der Waals surface area contributed by atoms with E-state index in [0.29, 0.717) is 12.1 Å². The molecule has 1 N–H and O–H groups in total. The Morgan fingerprint density at radius 3 is 2.11 bits per heavy atom. The summed E-state index contributed by atoms with van der Waals surface area (Å²) in [5.74, 6) is -0.640. The second-order valence-corrected chi connectivity index (χ2v) is 15.0. The molecule has 8 heteroatoms. The van der Waals surface area contributed by atoms with Crippen molar-refractivity contribution in [3.05, 3.63) is 101 Å². The highest BCUT2D eigenvalue weighted by Gasteiger charge is 2.34. The van der Waals surface area contributed by atoms with Crippen molar-refractivity contribution >= 4 is 27.5 Å². The number of amides is 2. The number of benzene rings is 3. The van der Waals surface area contributed by atoms with Gasteiger partial charge in [0.2, 0.25) is 21.8 Å². The molecule has 1 saturated carbocycles. The van der Waals surface area contributed by atoms with E-state index in [1.807, 2.05) is 73.7 Å². The van der Waals surface area contributed by atoms with Gasteiger partial charge in [0.1, 0.15) is 12.6 Å². The maximum atomic E-state index is 14.4. The zero-order valence-corrected chi connectivity index (χ0v) is 27.6. The van der Waals surface area contributed by atoms with Gasteiger partial charge in [-0.05, 0) is 54.0 Å². The number of hydrogen-bond donors (Lipinski definition) is 1. The van der Waals surface area contributed by atoms with E-state index in [-0.39, 0.29) is 23.9 Å². The van der Waals surface area contributed by atoms with E-state index in [4.69, 9.17) is 0 Å². The Bertz CT molecular complexity index is 1510. The number of hydrogen-bond acceptors (Lipinski definition) is 4. The average molecular weight is 618 g/mol. The summed E-state index contributed by atoms with van der Waals surface area (Å²) < 4.78 is 27.4. The Morgan fingerprint density at radius 2 is 1.52 bits per heavy atom. The summed E-state index contributed by atoms with van der Waals surface area (Å²) in [4.78, 5) is 30.0. The van der Waals surface area contributed by atoms with E-state index in [2.05, 4.69) is 26.1 Å². The van der Waals surface area contributed by atoms with Gasteiger partial charge in [0.25, 0.3) is 0 Å². The highest BCUT2D eigenvalue weighted by Crippen LogP contribution is 2.27. The van der Waals surface area contributed by atoms with Gasteiger partial charge in [0, 0.05) is 19.0 Å². The lowest BCUT2D eigenvalue weighted by molar-refractivity contribution is -0.140. The first-order valence-corrected chi connectivity index (χ1v) is 17.4. The smallest absolute Gasteiger partial charge is 0.244 e. The van der Waals surface area contributed by atoms with Crippen molar-refractivity contribution in [2.24, 2.45) is 0 Å². The normalized spacial score (nSPS) is 14.9. The highest BCUT2D eigenvalue weighted by atomic mass is 32.2. The second kappa shape index (κ2) is 14.4. The van der Waals surface area contributed by atoms with Crippen molar-refractivity contribution in [3.63, 3.8) is 0 Å². The van der Waals surface area contributed by atoms with Crippen molar-refractivity contribution in [3.8, 4) is 0 Å². The Kier molecular flexibility index (Phi) is 10.9. The second-order valence-electron chi connectivity index (χ2n) is 13.1. The van der Waals surface area contributed by atoms with E-state index in [0.717, 1.165) is 64.9 Å². The van der Waals surface area contributed by atoms with Gasteiger partial charge < -0.3 is 10.2 Å². The highest BCUT2D eigenvalue weighted by molar-refractivity contribution is 7.92. The van der Waals surface area contributed by atoms with Crippen molar-refractivity contribution in [2.75, 3.05) is 17.1 Å². The van der Waals surface area contributed by atoms with Gasteiger partial charge >= 0.3 is 0 Å².